The van der Waals surface area contributed by atoms with E-state index >= 15 is 0 Å². The second-order valence-corrected chi connectivity index (χ2v) is 6.52. The van der Waals surface area contributed by atoms with Crippen molar-refractivity contribution in [3.63, 3.8) is 0 Å². The van der Waals surface area contributed by atoms with Crippen LogP contribution in [0.2, 0.25) is 10.0 Å². The van der Waals surface area contributed by atoms with E-state index in [-0.39, 0.29) is 33.8 Å². The van der Waals surface area contributed by atoms with Crippen molar-refractivity contribution in [3.8, 4) is 0 Å². The molecule has 2 aromatic carbocycles. The van der Waals surface area contributed by atoms with Gasteiger partial charge in [-0.1, -0.05) is 53.5 Å². The first-order valence-corrected chi connectivity index (χ1v) is 8.33. The molecule has 0 saturated carbocycles. The highest BCUT2D eigenvalue weighted by atomic mass is 35.5. The molecule has 0 bridgehead atoms. The fourth-order valence-corrected chi connectivity index (χ4v) is 3.01. The van der Waals surface area contributed by atoms with Gasteiger partial charge in [0.2, 0.25) is 5.91 Å². The van der Waals surface area contributed by atoms with Gasteiger partial charge in [-0.2, -0.15) is 0 Å². The maximum Gasteiger partial charge on any atom is 0.262 e. The first-order chi connectivity index (χ1) is 11.9. The van der Waals surface area contributed by atoms with Crippen LogP contribution in [0.5, 0.6) is 0 Å². The molecule has 1 heterocycles. The Morgan fingerprint density at radius 1 is 1.04 bits per heavy atom. The Morgan fingerprint density at radius 2 is 1.56 bits per heavy atom. The summed E-state index contributed by atoms with van der Waals surface area (Å²) in [4.78, 5) is 37.9. The lowest BCUT2D eigenvalue weighted by atomic mass is 10.1. The molecule has 1 N–H and O–H groups in total. The van der Waals surface area contributed by atoms with E-state index in [1.165, 1.54) is 12.1 Å². The van der Waals surface area contributed by atoms with E-state index in [1.54, 1.807) is 0 Å². The number of fused-ring (bicyclic) bond motifs is 1. The number of amides is 3. The Balaban J connectivity index is 1.72. The number of hydrogen-bond acceptors (Lipinski definition) is 3. The van der Waals surface area contributed by atoms with Crippen LogP contribution in [0, 0.1) is 0 Å². The van der Waals surface area contributed by atoms with E-state index in [2.05, 4.69) is 5.32 Å². The van der Waals surface area contributed by atoms with Gasteiger partial charge in [0.1, 0.15) is 6.54 Å². The summed E-state index contributed by atoms with van der Waals surface area (Å²) in [5.41, 5.74) is 1.24. The molecule has 7 heteroatoms. The van der Waals surface area contributed by atoms with Crippen molar-refractivity contribution in [1.82, 2.24) is 10.2 Å². The zero-order valence-corrected chi connectivity index (χ0v) is 14.8. The molecule has 3 amide bonds. The lowest BCUT2D eigenvalue weighted by Gasteiger charge is -2.17. The third-order valence-electron chi connectivity index (χ3n) is 3.99. The number of carbonyl (C=O) groups is 3. The van der Waals surface area contributed by atoms with Gasteiger partial charge in [-0.25, -0.2) is 0 Å². The lowest BCUT2D eigenvalue weighted by molar-refractivity contribution is -0.122. The van der Waals surface area contributed by atoms with Crippen LogP contribution in [0.1, 0.15) is 39.2 Å². The minimum absolute atomic E-state index is 0.156. The molecular formula is C18H14Cl2N2O3. The maximum absolute atomic E-state index is 12.4. The molecule has 0 fully saturated rings. The van der Waals surface area contributed by atoms with Crippen LogP contribution in [0.25, 0.3) is 0 Å². The molecular weight excluding hydrogens is 363 g/mol. The topological polar surface area (TPSA) is 66.5 Å². The number of nitrogens with one attached hydrogen (secondary N) is 1. The van der Waals surface area contributed by atoms with Crippen molar-refractivity contribution < 1.29 is 14.4 Å². The third kappa shape index (κ3) is 3.38. The first kappa shape index (κ1) is 17.5. The van der Waals surface area contributed by atoms with E-state index in [9.17, 15) is 14.4 Å². The summed E-state index contributed by atoms with van der Waals surface area (Å²) in [5.74, 6) is -1.54. The summed E-state index contributed by atoms with van der Waals surface area (Å²) >= 11 is 11.8. The van der Waals surface area contributed by atoms with Crippen LogP contribution in [-0.2, 0) is 4.79 Å². The predicted octanol–water partition coefficient (Wildman–Crippen LogP) is 3.47. The quantitative estimate of drug-likeness (QED) is 0.830. The average Bonchev–Trinajstić information content (AvgIpc) is 2.81. The van der Waals surface area contributed by atoms with Gasteiger partial charge in [0, 0.05) is 0 Å². The third-order valence-corrected chi connectivity index (χ3v) is 4.71. The van der Waals surface area contributed by atoms with Gasteiger partial charge in [0.05, 0.1) is 27.2 Å². The molecule has 1 unspecified atom stereocenters. The summed E-state index contributed by atoms with van der Waals surface area (Å²) in [6.07, 6.45) is 0. The number of imide groups is 1. The molecule has 0 saturated heterocycles. The van der Waals surface area contributed by atoms with Crippen LogP contribution in [-0.4, -0.2) is 29.2 Å². The molecule has 1 atom stereocenters. The number of hydrogen-bond donors (Lipinski definition) is 1. The zero-order chi connectivity index (χ0) is 18.1. The van der Waals surface area contributed by atoms with Crippen molar-refractivity contribution in [2.75, 3.05) is 6.54 Å². The minimum Gasteiger partial charge on any atom is -0.348 e. The number of halogens is 2. The van der Waals surface area contributed by atoms with Crippen LogP contribution in [0.3, 0.4) is 0 Å². The van der Waals surface area contributed by atoms with Crippen LogP contribution < -0.4 is 5.32 Å². The van der Waals surface area contributed by atoms with Crippen LogP contribution in [0.4, 0.5) is 0 Å². The Kier molecular flexibility index (Phi) is 4.79. The van der Waals surface area contributed by atoms with Gasteiger partial charge in [0.15, 0.2) is 0 Å². The molecule has 0 spiro atoms. The lowest BCUT2D eigenvalue weighted by Crippen LogP contribution is -2.41. The number of nitrogens with zero attached hydrogens (tertiary/aromatic N) is 1. The highest BCUT2D eigenvalue weighted by Crippen LogP contribution is 2.31. The normalized spacial score (nSPS) is 14.4. The summed E-state index contributed by atoms with van der Waals surface area (Å²) < 4.78 is 0. The minimum atomic E-state index is -0.555. The Labute approximate surface area is 154 Å². The van der Waals surface area contributed by atoms with Crippen molar-refractivity contribution in [2.45, 2.75) is 13.0 Å². The van der Waals surface area contributed by atoms with Crippen LogP contribution >= 0.6 is 23.2 Å². The SMILES string of the molecule is CC(NC(=O)CN1C(=O)c2cc(Cl)c(Cl)cc2C1=O)c1ccccc1. The molecule has 128 valence electrons. The Morgan fingerprint density at radius 3 is 2.08 bits per heavy atom. The van der Waals surface area contributed by atoms with Gasteiger partial charge in [-0.15, -0.1) is 0 Å². The highest BCUT2D eigenvalue weighted by Gasteiger charge is 2.37. The fraction of sp³-hybridized carbons (Fsp3) is 0.167. The van der Waals surface area contributed by atoms with E-state index in [4.69, 9.17) is 23.2 Å². The summed E-state index contributed by atoms with van der Waals surface area (Å²) in [5, 5.41) is 3.15. The largest absolute Gasteiger partial charge is 0.348 e. The molecule has 5 nitrogen and oxygen atoms in total. The first-order valence-electron chi connectivity index (χ1n) is 7.58. The predicted molar refractivity (Wildman–Crippen MR) is 94.8 cm³/mol. The van der Waals surface area contributed by atoms with E-state index < -0.39 is 17.7 Å². The van der Waals surface area contributed by atoms with Crippen molar-refractivity contribution in [1.29, 1.82) is 0 Å². The highest BCUT2D eigenvalue weighted by molar-refractivity contribution is 6.43. The van der Waals surface area contributed by atoms with E-state index in [0.717, 1.165) is 10.5 Å². The smallest absolute Gasteiger partial charge is 0.262 e. The van der Waals surface area contributed by atoms with Crippen molar-refractivity contribution in [2.24, 2.45) is 0 Å². The Hall–Kier alpha value is -2.37. The average molecular weight is 377 g/mol. The standard InChI is InChI=1S/C18H14Cl2N2O3/c1-10(11-5-3-2-4-6-11)21-16(23)9-22-17(24)12-7-14(19)15(20)8-13(12)18(22)25/h2-8,10H,9H2,1H3,(H,21,23). The summed E-state index contributed by atoms with van der Waals surface area (Å²) in [6.45, 7) is 1.47. The van der Waals surface area contributed by atoms with E-state index in [1.807, 2.05) is 37.3 Å². The summed E-state index contributed by atoms with van der Waals surface area (Å²) in [7, 11) is 0. The van der Waals surface area contributed by atoms with E-state index in [0.29, 0.717) is 0 Å². The van der Waals surface area contributed by atoms with Gasteiger partial charge in [-0.05, 0) is 24.6 Å². The molecule has 1 aliphatic rings. The zero-order valence-electron chi connectivity index (χ0n) is 13.3. The molecule has 25 heavy (non-hydrogen) atoms. The second-order valence-electron chi connectivity index (χ2n) is 5.71. The summed E-state index contributed by atoms with van der Waals surface area (Å²) in [6, 6.07) is 11.9. The van der Waals surface area contributed by atoms with Crippen molar-refractivity contribution in [3.05, 3.63) is 69.2 Å². The maximum atomic E-state index is 12.4. The van der Waals surface area contributed by atoms with Crippen LogP contribution in [0.15, 0.2) is 42.5 Å². The van der Waals surface area contributed by atoms with Gasteiger partial charge < -0.3 is 5.32 Å². The molecule has 2 aromatic rings. The Bertz CT molecular complexity index is 827. The monoisotopic (exact) mass is 376 g/mol. The van der Waals surface area contributed by atoms with Gasteiger partial charge in [0.25, 0.3) is 11.8 Å². The van der Waals surface area contributed by atoms with Gasteiger partial charge >= 0.3 is 0 Å². The number of benzene rings is 2. The molecule has 0 aromatic heterocycles. The molecule has 3 rings (SSSR count). The number of rotatable bonds is 4. The fourth-order valence-electron chi connectivity index (χ4n) is 2.68. The molecule has 0 radical (unpaired) electrons. The van der Waals surface area contributed by atoms with Crippen molar-refractivity contribution >= 4 is 40.9 Å². The van der Waals surface area contributed by atoms with Gasteiger partial charge in [-0.3, -0.25) is 19.3 Å². The molecule has 1 aliphatic heterocycles. The molecule has 0 aliphatic carbocycles. The second kappa shape index (κ2) is 6.86. The number of carbonyl (C=O) groups excluding carboxylic acids is 3.